The minimum absolute atomic E-state index is 0.00988. The number of nitrogens with zero attached hydrogens (tertiary/aromatic N) is 2. The van der Waals surface area contributed by atoms with Gasteiger partial charge in [-0.05, 0) is 57.7 Å². The van der Waals surface area contributed by atoms with Crippen molar-refractivity contribution in [2.75, 3.05) is 13.2 Å². The van der Waals surface area contributed by atoms with E-state index in [4.69, 9.17) is 37.4 Å². The third-order valence-corrected chi connectivity index (χ3v) is 8.31. The predicted octanol–water partition coefficient (Wildman–Crippen LogP) is 3.76. The molecule has 2 aliphatic heterocycles. The minimum Gasteiger partial charge on any atom is -0.460 e. The van der Waals surface area contributed by atoms with Crippen LogP contribution in [0.4, 0.5) is 4.79 Å². The van der Waals surface area contributed by atoms with E-state index in [1.807, 2.05) is 6.07 Å². The number of rotatable bonds is 11. The fraction of sp³-hybridized carbons (Fsp3) is 0.441. The molecule has 2 aliphatic rings. The summed E-state index contributed by atoms with van der Waals surface area (Å²) in [5, 5.41) is 7.13. The second kappa shape index (κ2) is 16.8. The number of alkyl carbamates (subject to hydrolysis) is 1. The normalized spacial score (nSPS) is 18.3. The van der Waals surface area contributed by atoms with Gasteiger partial charge in [-0.2, -0.15) is 0 Å². The van der Waals surface area contributed by atoms with Crippen molar-refractivity contribution in [1.29, 1.82) is 0 Å². The zero-order valence-electron chi connectivity index (χ0n) is 27.7. The van der Waals surface area contributed by atoms with Gasteiger partial charge in [-0.3, -0.25) is 29.0 Å². The van der Waals surface area contributed by atoms with E-state index in [0.717, 1.165) is 15.6 Å². The molecule has 0 saturated carbocycles. The van der Waals surface area contributed by atoms with E-state index in [-0.39, 0.29) is 48.0 Å². The van der Waals surface area contributed by atoms with Crippen molar-refractivity contribution in [2.45, 2.75) is 83.2 Å². The number of nitrogens with one attached hydrogen (secondary N) is 2. The lowest BCUT2D eigenvalue weighted by molar-refractivity contribution is -0.176. The van der Waals surface area contributed by atoms with E-state index in [2.05, 4.69) is 10.6 Å². The highest BCUT2D eigenvalue weighted by atomic mass is 35.5. The van der Waals surface area contributed by atoms with Crippen molar-refractivity contribution in [3.05, 3.63) is 69.7 Å². The first-order valence-electron chi connectivity index (χ1n) is 15.9. The van der Waals surface area contributed by atoms with Crippen molar-refractivity contribution in [2.24, 2.45) is 0 Å². The van der Waals surface area contributed by atoms with Crippen LogP contribution in [0.15, 0.2) is 48.5 Å². The van der Waals surface area contributed by atoms with Gasteiger partial charge in [-0.15, -0.1) is 0 Å². The van der Waals surface area contributed by atoms with Gasteiger partial charge in [0.05, 0.1) is 22.0 Å². The summed E-state index contributed by atoms with van der Waals surface area (Å²) in [6, 6.07) is 9.19. The average molecular weight is 734 g/mol. The second-order valence-electron chi connectivity index (χ2n) is 12.6. The van der Waals surface area contributed by atoms with Crippen LogP contribution in [0.5, 0.6) is 0 Å². The summed E-state index contributed by atoms with van der Waals surface area (Å²) in [6.45, 7) is 4.08. The quantitative estimate of drug-likeness (QED) is 0.255. The molecule has 2 aromatic carbocycles. The second-order valence-corrected chi connectivity index (χ2v) is 13.5. The number of benzene rings is 2. The van der Waals surface area contributed by atoms with Crippen molar-refractivity contribution < 1.29 is 47.8 Å². The highest BCUT2D eigenvalue weighted by Crippen LogP contribution is 2.27. The summed E-state index contributed by atoms with van der Waals surface area (Å²) in [5.41, 5.74) is -0.369. The van der Waals surface area contributed by atoms with Gasteiger partial charge in [0.15, 0.2) is 12.4 Å². The lowest BCUT2D eigenvalue weighted by atomic mass is 10.0. The molecular formula is C34H38Cl2N4O10. The number of halogens is 2. The summed E-state index contributed by atoms with van der Waals surface area (Å²) < 4.78 is 15.8. The van der Waals surface area contributed by atoms with E-state index >= 15 is 0 Å². The Morgan fingerprint density at radius 3 is 2.28 bits per heavy atom. The standard InChI is InChI=1S/C34H38Cl2N4O10/c1-34(2,3)50-28(43)17-24(26(41)19-48-32(46)29-21(35)11-7-12-22(29)36)37-30(44)25-13-8-16-39-27(42)15-14-23(31(45)40(25)39)38-33(47)49-18-20-9-5-4-6-10-20/h4-7,9-12,23-25H,8,13-19H2,1-3H3,(H,37,44)(H,38,47)/t23-,24-,25-/m0/s1. The van der Waals surface area contributed by atoms with Crippen molar-refractivity contribution in [3.8, 4) is 0 Å². The maximum absolute atomic E-state index is 13.8. The van der Waals surface area contributed by atoms with Gasteiger partial charge < -0.3 is 24.8 Å². The highest BCUT2D eigenvalue weighted by molar-refractivity contribution is 6.39. The van der Waals surface area contributed by atoms with E-state index < -0.39 is 78.3 Å². The number of carbonyl (C=O) groups excluding carboxylic acids is 7. The van der Waals surface area contributed by atoms with E-state index in [0.29, 0.717) is 6.42 Å². The number of fused-ring (bicyclic) bond motifs is 1. The fourth-order valence-electron chi connectivity index (χ4n) is 5.38. The molecule has 14 nitrogen and oxygen atoms in total. The molecule has 16 heteroatoms. The Morgan fingerprint density at radius 1 is 0.940 bits per heavy atom. The lowest BCUT2D eigenvalue weighted by Crippen LogP contribution is -2.64. The number of carbonyl (C=O) groups is 7. The smallest absolute Gasteiger partial charge is 0.408 e. The molecule has 3 atom stereocenters. The maximum Gasteiger partial charge on any atom is 0.408 e. The summed E-state index contributed by atoms with van der Waals surface area (Å²) in [7, 11) is 0. The van der Waals surface area contributed by atoms with Crippen LogP contribution in [0.25, 0.3) is 0 Å². The van der Waals surface area contributed by atoms with Crippen molar-refractivity contribution in [1.82, 2.24) is 20.7 Å². The molecule has 2 fully saturated rings. The van der Waals surface area contributed by atoms with Gasteiger partial charge in [0.1, 0.15) is 30.3 Å². The molecule has 0 aliphatic carbocycles. The molecule has 50 heavy (non-hydrogen) atoms. The first-order valence-corrected chi connectivity index (χ1v) is 16.7. The van der Waals surface area contributed by atoms with Gasteiger partial charge in [-0.1, -0.05) is 59.6 Å². The maximum atomic E-state index is 13.8. The molecule has 4 rings (SSSR count). The third kappa shape index (κ3) is 10.2. The number of ketones is 1. The predicted molar refractivity (Wildman–Crippen MR) is 179 cm³/mol. The minimum atomic E-state index is -1.55. The van der Waals surface area contributed by atoms with Crippen LogP contribution in [-0.4, -0.2) is 88.4 Å². The van der Waals surface area contributed by atoms with Gasteiger partial charge in [-0.25, -0.2) is 14.6 Å². The van der Waals surface area contributed by atoms with Crippen LogP contribution in [0.2, 0.25) is 10.0 Å². The van der Waals surface area contributed by atoms with Gasteiger partial charge in [0.2, 0.25) is 11.8 Å². The summed E-state index contributed by atoms with van der Waals surface area (Å²) >= 11 is 12.2. The molecule has 4 amide bonds. The molecule has 0 radical (unpaired) electrons. The Balaban J connectivity index is 1.50. The largest absolute Gasteiger partial charge is 0.460 e. The number of hydrogen-bond acceptors (Lipinski definition) is 10. The van der Waals surface area contributed by atoms with Crippen LogP contribution in [0, 0.1) is 0 Å². The Bertz CT molecular complexity index is 1610. The molecular weight excluding hydrogens is 695 g/mol. The number of Topliss-reactive ketones (excluding diaryl/α,β-unsaturated/α-hetero) is 1. The number of amides is 4. The van der Waals surface area contributed by atoms with Gasteiger partial charge in [0.25, 0.3) is 5.91 Å². The number of hydrogen-bond donors (Lipinski definition) is 2. The highest BCUT2D eigenvalue weighted by Gasteiger charge is 2.45. The number of hydrazine groups is 1. The van der Waals surface area contributed by atoms with Crippen LogP contribution in [-0.2, 0) is 44.8 Å². The molecule has 0 bridgehead atoms. The Hall–Kier alpha value is -4.69. The van der Waals surface area contributed by atoms with Crippen LogP contribution in [0.1, 0.15) is 68.8 Å². The molecule has 0 aromatic heterocycles. The van der Waals surface area contributed by atoms with Crippen LogP contribution >= 0.6 is 23.2 Å². The van der Waals surface area contributed by atoms with E-state index in [9.17, 15) is 33.6 Å². The molecule has 2 saturated heterocycles. The zero-order chi connectivity index (χ0) is 36.6. The zero-order valence-corrected chi connectivity index (χ0v) is 29.3. The topological polar surface area (TPSA) is 178 Å². The Labute approximate surface area is 298 Å². The Morgan fingerprint density at radius 2 is 1.62 bits per heavy atom. The summed E-state index contributed by atoms with van der Waals surface area (Å²) in [6.07, 6.45) is -1.22. The molecule has 2 N–H and O–H groups in total. The number of esters is 2. The first kappa shape index (κ1) is 38.1. The summed E-state index contributed by atoms with van der Waals surface area (Å²) in [5.74, 6) is -4.73. The monoisotopic (exact) mass is 732 g/mol. The molecule has 0 spiro atoms. The molecule has 2 heterocycles. The number of ether oxygens (including phenoxy) is 3. The first-order chi connectivity index (χ1) is 23.6. The lowest BCUT2D eigenvalue weighted by Gasteiger charge is -2.43. The Kier molecular flexibility index (Phi) is 12.8. The third-order valence-electron chi connectivity index (χ3n) is 7.68. The summed E-state index contributed by atoms with van der Waals surface area (Å²) in [4.78, 5) is 92.3. The molecule has 0 unspecified atom stereocenters. The van der Waals surface area contributed by atoms with Gasteiger partial charge in [0, 0.05) is 13.0 Å². The fourth-order valence-corrected chi connectivity index (χ4v) is 5.93. The van der Waals surface area contributed by atoms with Crippen LogP contribution in [0.3, 0.4) is 0 Å². The van der Waals surface area contributed by atoms with E-state index in [1.54, 1.807) is 45.0 Å². The molecule has 2 aromatic rings. The average Bonchev–Trinajstić information content (AvgIpc) is 3.17. The van der Waals surface area contributed by atoms with E-state index in [1.165, 1.54) is 18.2 Å². The van der Waals surface area contributed by atoms with Crippen molar-refractivity contribution in [3.63, 3.8) is 0 Å². The van der Waals surface area contributed by atoms with Gasteiger partial charge >= 0.3 is 18.0 Å². The van der Waals surface area contributed by atoms with Crippen molar-refractivity contribution >= 4 is 64.7 Å². The SMILES string of the molecule is CC(C)(C)OC(=O)C[C@H](NC(=O)[C@@H]1CCCN2C(=O)CC[C@H](NC(=O)OCc3ccccc3)C(=O)N12)C(=O)COC(=O)c1c(Cl)cccc1Cl. The van der Waals surface area contributed by atoms with Crippen LogP contribution < -0.4 is 10.6 Å². The molecule has 268 valence electrons.